The van der Waals surface area contributed by atoms with Crippen molar-refractivity contribution in [1.29, 1.82) is 0 Å². The van der Waals surface area contributed by atoms with Crippen LogP contribution in [0.25, 0.3) is 22.0 Å². The van der Waals surface area contributed by atoms with Gasteiger partial charge in [0.25, 0.3) is 5.92 Å². The number of aryl methyl sites for hydroxylation is 1. The summed E-state index contributed by atoms with van der Waals surface area (Å²) in [6.45, 7) is -1.51. The number of halogens is 8. The van der Waals surface area contributed by atoms with Crippen molar-refractivity contribution in [3.63, 3.8) is 0 Å². The van der Waals surface area contributed by atoms with Crippen LogP contribution in [0.3, 0.4) is 0 Å². The molecule has 1 aliphatic heterocycles. The molecule has 2 amide bonds. The number of anilines is 1. The minimum atomic E-state index is -5.15. The summed E-state index contributed by atoms with van der Waals surface area (Å²) in [4.78, 5) is 36.0. The highest BCUT2D eigenvalue weighted by molar-refractivity contribution is 7.92. The van der Waals surface area contributed by atoms with Gasteiger partial charge in [-0.1, -0.05) is 23.6 Å². The van der Waals surface area contributed by atoms with Crippen LogP contribution in [-0.2, 0) is 33.1 Å². The van der Waals surface area contributed by atoms with E-state index in [0.717, 1.165) is 18.4 Å². The number of benzene rings is 2. The lowest BCUT2D eigenvalue weighted by Gasteiger charge is -2.23. The Labute approximate surface area is 354 Å². The lowest BCUT2D eigenvalue weighted by Crippen LogP contribution is -2.36. The zero-order valence-electron chi connectivity index (χ0n) is 32.6. The fourth-order valence-electron chi connectivity index (χ4n) is 8.03. The number of hydrogen-bond donors (Lipinski definition) is 4. The van der Waals surface area contributed by atoms with Gasteiger partial charge in [0.2, 0.25) is 21.8 Å². The van der Waals surface area contributed by atoms with Gasteiger partial charge in [-0.05, 0) is 73.4 Å². The molecule has 22 heteroatoms. The Kier molecular flexibility index (Phi) is 11.8. The van der Waals surface area contributed by atoms with Crippen molar-refractivity contribution in [3.05, 3.63) is 87.3 Å². The smallest absolute Gasteiger partial charge is 0.394 e. The minimum absolute atomic E-state index is 0.0144. The number of pyridine rings is 1. The molecule has 1 saturated heterocycles. The fraction of sp³-hybridized carbons (Fsp3) is 0.375. The Morgan fingerprint density at radius 1 is 1.13 bits per heavy atom. The Morgan fingerprint density at radius 2 is 1.82 bits per heavy atom. The number of aliphatic hydroxyl groups is 1. The number of nitrogens with two attached hydrogens (primary N) is 1. The molecule has 13 nitrogen and oxygen atoms in total. The SMILES string of the molecule is Cn1nc(NS(C)(=O)=O)c2c(Cl)ccc(-c3ccc(C#CC4CCCN4C(=O)CO)nc3[C@H](Cc3cc(F)cc(F)c3)NC(=O)CN=C3C(=C(N)C(F)(F)F)[C@H]4C[C@H]4C3(F)F)c21. The van der Waals surface area contributed by atoms with Crippen LogP contribution >= 0.6 is 11.6 Å². The van der Waals surface area contributed by atoms with Crippen LogP contribution in [0.5, 0.6) is 0 Å². The highest BCUT2D eigenvalue weighted by Gasteiger charge is 2.68. The number of amides is 2. The standard InChI is InChI=1S/C40H36ClF7N8O5S/c1-55-35-25(9-10-28(41)33(35)38(53-55)54-62(2,60)61)24-8-6-22(5-7-23-4-3-11-56(23)31(59)18-57)51-34(24)29(14-19-12-20(42)15-21(43)13-19)52-30(58)17-50-37-32(36(49)40(46,47)48)26-16-27(26)39(37,44)45/h6,8-10,12-13,15,23,26-27,29,57H,3-4,11,14,16-18,49H2,1-2H3,(H,52,58)(H,53,54)/t23?,26-,27+,29-/m0/s1. The number of aromatic nitrogens is 3. The van der Waals surface area contributed by atoms with Crippen LogP contribution in [0.2, 0.25) is 5.02 Å². The molecule has 2 aromatic heterocycles. The molecule has 62 heavy (non-hydrogen) atoms. The average Bonchev–Trinajstić information content (AvgIpc) is 3.64. The number of fused-ring (bicyclic) bond motifs is 2. The molecule has 7 rings (SSSR count). The third-order valence-electron chi connectivity index (χ3n) is 10.7. The van der Waals surface area contributed by atoms with Crippen molar-refractivity contribution in [1.82, 2.24) is 25.0 Å². The number of hydrogen-bond acceptors (Lipinski definition) is 9. The molecule has 4 aromatic rings. The quantitative estimate of drug-likeness (QED) is 0.124. The van der Waals surface area contributed by atoms with E-state index in [1.54, 1.807) is 6.07 Å². The van der Waals surface area contributed by atoms with Crippen molar-refractivity contribution < 1.29 is 53.8 Å². The first-order valence-electron chi connectivity index (χ1n) is 18.9. The summed E-state index contributed by atoms with van der Waals surface area (Å²) in [7, 11) is -2.38. The van der Waals surface area contributed by atoms with Gasteiger partial charge in [-0.2, -0.15) is 27.1 Å². The number of nitrogens with one attached hydrogen (secondary N) is 2. The molecule has 3 aliphatic rings. The van der Waals surface area contributed by atoms with Crippen LogP contribution < -0.4 is 15.8 Å². The molecule has 3 heterocycles. The lowest BCUT2D eigenvalue weighted by molar-refractivity contribution is -0.134. The summed E-state index contributed by atoms with van der Waals surface area (Å²) in [6.07, 6.45) is -3.82. The Balaban J connectivity index is 1.37. The van der Waals surface area contributed by atoms with E-state index in [1.165, 1.54) is 34.8 Å². The van der Waals surface area contributed by atoms with Crippen molar-refractivity contribution in [2.45, 2.75) is 49.9 Å². The number of nitrogens with zero attached hydrogens (tertiary/aromatic N) is 5. The highest BCUT2D eigenvalue weighted by atomic mass is 35.5. The molecule has 4 atom stereocenters. The summed E-state index contributed by atoms with van der Waals surface area (Å²) in [5.74, 6) is -4.35. The van der Waals surface area contributed by atoms with Gasteiger partial charge < -0.3 is 21.1 Å². The van der Waals surface area contributed by atoms with E-state index in [4.69, 9.17) is 22.3 Å². The van der Waals surface area contributed by atoms with Crippen molar-refractivity contribution in [2.24, 2.45) is 29.6 Å². The highest BCUT2D eigenvalue weighted by Crippen LogP contribution is 2.62. The molecule has 5 N–H and O–H groups in total. The Morgan fingerprint density at radius 3 is 2.48 bits per heavy atom. The first kappa shape index (κ1) is 44.3. The van der Waals surface area contributed by atoms with E-state index in [-0.39, 0.29) is 50.7 Å². The summed E-state index contributed by atoms with van der Waals surface area (Å²) in [5.41, 5.74) is 2.21. The van der Waals surface area contributed by atoms with Crippen LogP contribution in [-0.4, -0.2) is 94.8 Å². The molecular formula is C40H36ClF7N8O5S. The number of sulfonamides is 1. The molecule has 0 radical (unpaired) electrons. The fourth-order valence-corrected chi connectivity index (χ4v) is 8.77. The van der Waals surface area contributed by atoms with Crippen molar-refractivity contribution in [2.75, 3.05) is 30.7 Å². The first-order valence-corrected chi connectivity index (χ1v) is 21.1. The minimum Gasteiger partial charge on any atom is -0.394 e. The number of allylic oxidation sites excluding steroid dienone is 2. The maximum Gasteiger partial charge on any atom is 0.431 e. The molecule has 0 spiro atoms. The third-order valence-corrected chi connectivity index (χ3v) is 11.6. The zero-order valence-corrected chi connectivity index (χ0v) is 34.2. The van der Waals surface area contributed by atoms with Gasteiger partial charge in [0.15, 0.2) is 5.82 Å². The number of carbonyl (C=O) groups excluding carboxylic acids is 2. The van der Waals surface area contributed by atoms with Crippen LogP contribution in [0.1, 0.15) is 42.3 Å². The second kappa shape index (κ2) is 16.5. The second-order valence-corrected chi connectivity index (χ2v) is 17.3. The van der Waals surface area contributed by atoms with E-state index in [1.807, 2.05) is 0 Å². The van der Waals surface area contributed by atoms with Gasteiger partial charge in [-0.3, -0.25) is 24.0 Å². The Bertz CT molecular complexity index is 2730. The van der Waals surface area contributed by atoms with Crippen LogP contribution in [0.4, 0.5) is 36.6 Å². The van der Waals surface area contributed by atoms with Gasteiger partial charge in [-0.25, -0.2) is 22.2 Å². The van der Waals surface area contributed by atoms with Crippen molar-refractivity contribution in [3.8, 4) is 23.0 Å². The van der Waals surface area contributed by atoms with Gasteiger partial charge in [-0.15, -0.1) is 0 Å². The molecule has 0 bridgehead atoms. The number of aliphatic imine (C=N–C) groups is 1. The molecular weight excluding hydrogens is 873 g/mol. The summed E-state index contributed by atoms with van der Waals surface area (Å²) in [6, 6.07) is 6.57. The lowest BCUT2D eigenvalue weighted by atomic mass is 9.93. The predicted octanol–water partition coefficient (Wildman–Crippen LogP) is 5.17. The number of alkyl halides is 5. The van der Waals surface area contributed by atoms with E-state index >= 15 is 8.78 Å². The van der Waals surface area contributed by atoms with Crippen molar-refractivity contribution >= 4 is 55.9 Å². The van der Waals surface area contributed by atoms with E-state index in [9.17, 15) is 45.1 Å². The normalized spacial score (nSPS) is 21.4. The molecule has 2 saturated carbocycles. The van der Waals surface area contributed by atoms with Gasteiger partial charge >= 0.3 is 6.18 Å². The molecule has 3 fully saturated rings. The predicted molar refractivity (Wildman–Crippen MR) is 213 cm³/mol. The van der Waals surface area contributed by atoms with Crippen LogP contribution in [0.15, 0.2) is 58.7 Å². The van der Waals surface area contributed by atoms with E-state index in [0.29, 0.717) is 31.0 Å². The third kappa shape index (κ3) is 8.94. The topological polar surface area (TPSA) is 185 Å². The summed E-state index contributed by atoms with van der Waals surface area (Å²) < 4.78 is 129. The number of carbonyl (C=O) groups is 2. The van der Waals surface area contributed by atoms with Crippen LogP contribution in [0, 0.1) is 35.3 Å². The van der Waals surface area contributed by atoms with E-state index in [2.05, 4.69) is 32.0 Å². The van der Waals surface area contributed by atoms with Gasteiger partial charge in [0.1, 0.15) is 41.9 Å². The molecule has 1 unspecified atom stereocenters. The monoisotopic (exact) mass is 908 g/mol. The maximum absolute atomic E-state index is 15.3. The largest absolute Gasteiger partial charge is 0.431 e. The number of aliphatic hydroxyl groups excluding tert-OH is 1. The molecule has 2 aromatic carbocycles. The maximum atomic E-state index is 15.3. The van der Waals surface area contributed by atoms with E-state index < -0.39 is 106 Å². The summed E-state index contributed by atoms with van der Waals surface area (Å²) in [5, 5.41) is 16.6. The Hall–Kier alpha value is -5.72. The first-order chi connectivity index (χ1) is 29.1. The average molecular weight is 909 g/mol. The summed E-state index contributed by atoms with van der Waals surface area (Å²) >= 11 is 6.59. The number of rotatable bonds is 10. The molecule has 2 aliphatic carbocycles. The molecule has 328 valence electrons. The van der Waals surface area contributed by atoms with Gasteiger partial charge in [0, 0.05) is 42.3 Å². The second-order valence-electron chi connectivity index (χ2n) is 15.1. The number of likely N-dealkylation sites (tertiary alicyclic amines) is 1. The van der Waals surface area contributed by atoms with Gasteiger partial charge in [0.05, 0.1) is 40.0 Å². The zero-order chi connectivity index (χ0) is 45.1.